The van der Waals surface area contributed by atoms with Crippen LogP contribution in [0.4, 0.5) is 5.00 Å². The second kappa shape index (κ2) is 6.18. The van der Waals surface area contributed by atoms with Gasteiger partial charge in [-0.05, 0) is 18.5 Å². The average molecular weight is 298 g/mol. The predicted octanol–water partition coefficient (Wildman–Crippen LogP) is 2.92. The van der Waals surface area contributed by atoms with Gasteiger partial charge in [-0.3, -0.25) is 10.1 Å². The summed E-state index contributed by atoms with van der Waals surface area (Å²) in [6, 6.07) is 3.22. The van der Waals surface area contributed by atoms with E-state index in [1.807, 2.05) is 0 Å². The van der Waals surface area contributed by atoms with Crippen LogP contribution in [-0.4, -0.2) is 21.7 Å². The largest absolute Gasteiger partial charge is 0.324 e. The van der Waals surface area contributed by atoms with Gasteiger partial charge in [-0.25, -0.2) is 0 Å². The van der Waals surface area contributed by atoms with Crippen LogP contribution < -0.4 is 5.32 Å². The molecule has 0 fully saturated rings. The normalized spacial score (nSPS) is 11.1. The summed E-state index contributed by atoms with van der Waals surface area (Å²) in [5.74, 6) is 0.590. The number of rotatable bonds is 6. The van der Waals surface area contributed by atoms with Crippen LogP contribution in [0.5, 0.6) is 0 Å². The Kier molecular flexibility index (Phi) is 4.56. The highest BCUT2D eigenvalue weighted by Crippen LogP contribution is 2.34. The Hall–Kier alpha value is -1.38. The van der Waals surface area contributed by atoms with E-state index in [1.54, 1.807) is 6.07 Å². The molecule has 2 aromatic heterocycles. The molecule has 0 saturated heterocycles. The lowest BCUT2D eigenvalue weighted by Gasteiger charge is -2.03. The zero-order chi connectivity index (χ0) is 13.8. The van der Waals surface area contributed by atoms with E-state index in [0.29, 0.717) is 12.5 Å². The first-order valence-corrected chi connectivity index (χ1v) is 7.47. The molecule has 6 nitrogen and oxygen atoms in total. The average Bonchev–Trinajstić information content (AvgIpc) is 2.95. The van der Waals surface area contributed by atoms with Crippen LogP contribution >= 0.6 is 22.7 Å². The Labute approximate surface area is 118 Å². The fourth-order valence-electron chi connectivity index (χ4n) is 1.43. The zero-order valence-corrected chi connectivity index (χ0v) is 12.3. The highest BCUT2D eigenvalue weighted by molar-refractivity contribution is 7.23. The maximum absolute atomic E-state index is 10.6. The molecule has 102 valence electrons. The van der Waals surface area contributed by atoms with E-state index in [1.165, 1.54) is 17.4 Å². The molecule has 0 atom stereocenters. The Bertz CT molecular complexity index is 565. The third-order valence-corrected chi connectivity index (χ3v) is 4.41. The van der Waals surface area contributed by atoms with Crippen molar-refractivity contribution in [1.82, 2.24) is 15.5 Å². The first-order chi connectivity index (χ1) is 9.06. The number of nitro groups is 1. The molecule has 0 bridgehead atoms. The van der Waals surface area contributed by atoms with Crippen LogP contribution in [-0.2, 0) is 6.54 Å². The smallest absolute Gasteiger partial charge is 0.310 e. The van der Waals surface area contributed by atoms with Crippen molar-refractivity contribution in [2.45, 2.75) is 20.4 Å². The van der Waals surface area contributed by atoms with Gasteiger partial charge in [-0.15, -0.1) is 10.2 Å². The Morgan fingerprint density at radius 3 is 2.79 bits per heavy atom. The van der Waals surface area contributed by atoms with Gasteiger partial charge in [0.05, 0.1) is 9.80 Å². The van der Waals surface area contributed by atoms with Crippen LogP contribution in [0.25, 0.3) is 9.88 Å². The molecular weight excluding hydrogens is 284 g/mol. The molecule has 0 aliphatic carbocycles. The van der Waals surface area contributed by atoms with Crippen molar-refractivity contribution in [2.75, 3.05) is 6.54 Å². The predicted molar refractivity (Wildman–Crippen MR) is 76.4 cm³/mol. The van der Waals surface area contributed by atoms with Gasteiger partial charge in [0.25, 0.3) is 0 Å². The molecule has 0 aliphatic heterocycles. The lowest BCUT2D eigenvalue weighted by atomic mass is 10.2. The number of hydrogen-bond donors (Lipinski definition) is 1. The van der Waals surface area contributed by atoms with E-state index in [9.17, 15) is 10.1 Å². The molecule has 0 aromatic carbocycles. The van der Waals surface area contributed by atoms with Crippen molar-refractivity contribution in [2.24, 2.45) is 5.92 Å². The minimum atomic E-state index is -0.389. The topological polar surface area (TPSA) is 81.0 Å². The lowest BCUT2D eigenvalue weighted by Crippen LogP contribution is -2.18. The van der Waals surface area contributed by atoms with Crippen molar-refractivity contribution < 1.29 is 4.92 Å². The summed E-state index contributed by atoms with van der Waals surface area (Å²) in [7, 11) is 0. The Morgan fingerprint density at radius 1 is 1.37 bits per heavy atom. The summed E-state index contributed by atoms with van der Waals surface area (Å²) >= 11 is 2.59. The monoisotopic (exact) mass is 298 g/mol. The quantitative estimate of drug-likeness (QED) is 0.655. The minimum Gasteiger partial charge on any atom is -0.310 e. The van der Waals surface area contributed by atoms with Crippen molar-refractivity contribution in [3.63, 3.8) is 0 Å². The van der Waals surface area contributed by atoms with Gasteiger partial charge in [0.2, 0.25) is 0 Å². The maximum atomic E-state index is 10.6. The fourth-order valence-corrected chi connectivity index (χ4v) is 3.11. The molecule has 0 spiro atoms. The van der Waals surface area contributed by atoms with Gasteiger partial charge < -0.3 is 5.32 Å². The highest BCUT2D eigenvalue weighted by atomic mass is 32.1. The van der Waals surface area contributed by atoms with Crippen LogP contribution in [0.3, 0.4) is 0 Å². The number of aromatic nitrogens is 2. The van der Waals surface area contributed by atoms with Gasteiger partial charge >= 0.3 is 5.00 Å². The number of thiophene rings is 1. The maximum Gasteiger partial charge on any atom is 0.324 e. The lowest BCUT2D eigenvalue weighted by molar-refractivity contribution is -0.380. The van der Waals surface area contributed by atoms with E-state index >= 15 is 0 Å². The van der Waals surface area contributed by atoms with Crippen molar-refractivity contribution in [3.8, 4) is 9.88 Å². The van der Waals surface area contributed by atoms with Gasteiger partial charge in [0.1, 0.15) is 5.01 Å². The zero-order valence-electron chi connectivity index (χ0n) is 10.6. The molecule has 8 heteroatoms. The number of nitrogens with zero attached hydrogens (tertiary/aromatic N) is 3. The number of hydrogen-bond acceptors (Lipinski definition) is 7. The summed E-state index contributed by atoms with van der Waals surface area (Å²) in [6.07, 6.45) is 0. The van der Waals surface area contributed by atoms with Crippen LogP contribution in [0.2, 0.25) is 0 Å². The summed E-state index contributed by atoms with van der Waals surface area (Å²) in [4.78, 5) is 11.0. The summed E-state index contributed by atoms with van der Waals surface area (Å²) < 4.78 is 0. The summed E-state index contributed by atoms with van der Waals surface area (Å²) in [5.41, 5.74) is 0. The van der Waals surface area contributed by atoms with Gasteiger partial charge in [-0.1, -0.05) is 36.5 Å². The SMILES string of the molecule is CC(C)CNCc1nnc(-c2ccc([N+](=O)[O-])s2)s1. The van der Waals surface area contributed by atoms with Crippen molar-refractivity contribution in [3.05, 3.63) is 27.3 Å². The van der Waals surface area contributed by atoms with E-state index in [0.717, 1.165) is 32.8 Å². The first kappa shape index (κ1) is 14.0. The summed E-state index contributed by atoms with van der Waals surface area (Å²) in [5, 5.41) is 23.8. The standard InChI is InChI=1S/C11H14N4O2S2/c1-7(2)5-12-6-9-13-14-11(19-9)8-3-4-10(18-8)15(16)17/h3-4,7,12H,5-6H2,1-2H3. The minimum absolute atomic E-state index is 0.129. The third kappa shape index (κ3) is 3.79. The molecule has 0 unspecified atom stereocenters. The third-order valence-electron chi connectivity index (χ3n) is 2.28. The second-order valence-electron chi connectivity index (χ2n) is 4.42. The molecule has 2 heterocycles. The number of nitrogens with one attached hydrogen (secondary N) is 1. The molecule has 2 rings (SSSR count). The van der Waals surface area contributed by atoms with Crippen LogP contribution in [0.15, 0.2) is 12.1 Å². The van der Waals surface area contributed by atoms with E-state index in [-0.39, 0.29) is 9.92 Å². The van der Waals surface area contributed by atoms with E-state index in [4.69, 9.17) is 0 Å². The Balaban J connectivity index is 2.01. The van der Waals surface area contributed by atoms with Crippen LogP contribution in [0, 0.1) is 16.0 Å². The molecule has 0 aliphatic rings. The van der Waals surface area contributed by atoms with Crippen molar-refractivity contribution in [1.29, 1.82) is 0 Å². The van der Waals surface area contributed by atoms with Crippen LogP contribution in [0.1, 0.15) is 18.9 Å². The van der Waals surface area contributed by atoms with E-state index < -0.39 is 0 Å². The van der Waals surface area contributed by atoms with Gasteiger partial charge in [-0.2, -0.15) is 0 Å². The van der Waals surface area contributed by atoms with Crippen molar-refractivity contribution >= 4 is 27.7 Å². The molecule has 0 saturated carbocycles. The first-order valence-electron chi connectivity index (χ1n) is 5.84. The fraction of sp³-hybridized carbons (Fsp3) is 0.455. The molecule has 1 N–H and O–H groups in total. The second-order valence-corrected chi connectivity index (χ2v) is 6.54. The van der Waals surface area contributed by atoms with Gasteiger partial charge in [0.15, 0.2) is 5.01 Å². The molecule has 19 heavy (non-hydrogen) atoms. The molecule has 0 radical (unpaired) electrons. The summed E-state index contributed by atoms with van der Waals surface area (Å²) in [6.45, 7) is 5.90. The van der Waals surface area contributed by atoms with E-state index in [2.05, 4.69) is 29.4 Å². The highest BCUT2D eigenvalue weighted by Gasteiger charge is 2.14. The Morgan fingerprint density at radius 2 is 2.16 bits per heavy atom. The molecule has 2 aromatic rings. The molecule has 0 amide bonds. The molecular formula is C11H14N4O2S2. The van der Waals surface area contributed by atoms with Gasteiger partial charge in [0, 0.05) is 12.6 Å².